The molecule has 1 saturated carbocycles. The van der Waals surface area contributed by atoms with Crippen LogP contribution < -0.4 is 14.8 Å². The minimum atomic E-state index is -0.00440. The topological polar surface area (TPSA) is 47.6 Å². The molecule has 0 radical (unpaired) electrons. The summed E-state index contributed by atoms with van der Waals surface area (Å²) in [6.07, 6.45) is 5.67. The summed E-state index contributed by atoms with van der Waals surface area (Å²) in [6.45, 7) is 3.20. The molecule has 0 saturated heterocycles. The Morgan fingerprint density at radius 2 is 1.86 bits per heavy atom. The Morgan fingerprint density at radius 3 is 2.62 bits per heavy atom. The fourth-order valence-electron chi connectivity index (χ4n) is 3.11. The van der Waals surface area contributed by atoms with Gasteiger partial charge in [-0.05, 0) is 37.5 Å². The average Bonchev–Trinajstić information content (AvgIpc) is 2.55. The first-order valence-electron chi connectivity index (χ1n) is 7.94. The number of amides is 1. The summed E-state index contributed by atoms with van der Waals surface area (Å²) in [5.74, 6) is 1.95. The van der Waals surface area contributed by atoms with Crippen LogP contribution in [0.1, 0.15) is 50.6 Å². The predicted molar refractivity (Wildman–Crippen MR) is 80.6 cm³/mol. The molecule has 4 heteroatoms. The molecule has 4 nitrogen and oxygen atoms in total. The lowest BCUT2D eigenvalue weighted by Crippen LogP contribution is -2.33. The van der Waals surface area contributed by atoms with Gasteiger partial charge in [-0.15, -0.1) is 0 Å². The van der Waals surface area contributed by atoms with E-state index in [1.54, 1.807) is 0 Å². The second kappa shape index (κ2) is 6.37. The lowest BCUT2D eigenvalue weighted by Gasteiger charge is -2.24. The van der Waals surface area contributed by atoms with Crippen LogP contribution in [0.25, 0.3) is 0 Å². The molecule has 114 valence electrons. The number of carbonyl (C=O) groups excluding carboxylic acids is 1. The molecule has 1 amide bonds. The van der Waals surface area contributed by atoms with Crippen molar-refractivity contribution in [3.8, 4) is 11.5 Å². The number of hydrogen-bond acceptors (Lipinski definition) is 3. The molecule has 0 aromatic heterocycles. The van der Waals surface area contributed by atoms with Crippen molar-refractivity contribution in [2.75, 3.05) is 13.2 Å². The van der Waals surface area contributed by atoms with E-state index in [-0.39, 0.29) is 17.9 Å². The molecule has 2 aliphatic rings. The molecule has 0 unspecified atom stereocenters. The maximum atomic E-state index is 12.3. The maximum absolute atomic E-state index is 12.3. The van der Waals surface area contributed by atoms with Crippen molar-refractivity contribution in [1.82, 2.24) is 5.32 Å². The monoisotopic (exact) mass is 289 g/mol. The van der Waals surface area contributed by atoms with E-state index >= 15 is 0 Å². The van der Waals surface area contributed by atoms with Crippen molar-refractivity contribution >= 4 is 5.91 Å². The van der Waals surface area contributed by atoms with E-state index in [0.29, 0.717) is 13.2 Å². The molecule has 1 N–H and O–H groups in total. The van der Waals surface area contributed by atoms with Crippen molar-refractivity contribution in [3.05, 3.63) is 23.8 Å². The van der Waals surface area contributed by atoms with Crippen LogP contribution in [0.5, 0.6) is 11.5 Å². The van der Waals surface area contributed by atoms with Crippen LogP contribution in [-0.2, 0) is 4.79 Å². The van der Waals surface area contributed by atoms with Gasteiger partial charge in [-0.25, -0.2) is 0 Å². The Morgan fingerprint density at radius 1 is 1.14 bits per heavy atom. The first-order chi connectivity index (χ1) is 10.2. The van der Waals surface area contributed by atoms with Gasteiger partial charge in [0.25, 0.3) is 0 Å². The SMILES string of the molecule is C[C@@H](NC(=O)C1CCCCC1)c1ccc2c(c1)OCCO2. The van der Waals surface area contributed by atoms with Crippen LogP contribution in [-0.4, -0.2) is 19.1 Å². The van der Waals surface area contributed by atoms with Gasteiger partial charge in [-0.3, -0.25) is 4.79 Å². The summed E-state index contributed by atoms with van der Waals surface area (Å²) in [5.41, 5.74) is 1.06. The van der Waals surface area contributed by atoms with Gasteiger partial charge >= 0.3 is 0 Å². The summed E-state index contributed by atoms with van der Waals surface area (Å²) in [5, 5.41) is 3.14. The van der Waals surface area contributed by atoms with E-state index in [4.69, 9.17) is 9.47 Å². The van der Waals surface area contributed by atoms with E-state index in [0.717, 1.165) is 29.9 Å². The quantitative estimate of drug-likeness (QED) is 0.929. The summed E-state index contributed by atoms with van der Waals surface area (Å²) in [7, 11) is 0. The number of rotatable bonds is 3. The van der Waals surface area contributed by atoms with Crippen LogP contribution in [0.3, 0.4) is 0 Å². The van der Waals surface area contributed by atoms with E-state index in [1.807, 2.05) is 25.1 Å². The van der Waals surface area contributed by atoms with Crippen LogP contribution in [0, 0.1) is 5.92 Å². The molecule has 1 atom stereocenters. The van der Waals surface area contributed by atoms with Gasteiger partial charge in [-0.2, -0.15) is 0 Å². The zero-order valence-electron chi connectivity index (χ0n) is 12.6. The molecule has 1 aromatic carbocycles. The fraction of sp³-hybridized carbons (Fsp3) is 0.588. The normalized spacial score (nSPS) is 19.9. The average molecular weight is 289 g/mol. The molecule has 1 heterocycles. The van der Waals surface area contributed by atoms with Crippen molar-refractivity contribution < 1.29 is 14.3 Å². The molecule has 0 bridgehead atoms. The maximum Gasteiger partial charge on any atom is 0.223 e. The van der Waals surface area contributed by atoms with E-state index in [2.05, 4.69) is 5.32 Å². The Hall–Kier alpha value is -1.71. The minimum absolute atomic E-state index is 0.00440. The van der Waals surface area contributed by atoms with Crippen molar-refractivity contribution in [2.45, 2.75) is 45.1 Å². The molecule has 1 fully saturated rings. The standard InChI is InChI=1S/C17H23NO3/c1-12(18-17(19)13-5-3-2-4-6-13)14-7-8-15-16(11-14)21-10-9-20-15/h7-8,11-13H,2-6,9-10H2,1H3,(H,18,19)/t12-/m1/s1. The van der Waals surface area contributed by atoms with E-state index in [9.17, 15) is 4.79 Å². The van der Waals surface area contributed by atoms with Gasteiger partial charge in [-0.1, -0.05) is 25.3 Å². The van der Waals surface area contributed by atoms with Crippen LogP contribution in [0.2, 0.25) is 0 Å². The Balaban J connectivity index is 1.64. The summed E-state index contributed by atoms with van der Waals surface area (Å²) in [6, 6.07) is 5.89. The number of fused-ring (bicyclic) bond motifs is 1. The van der Waals surface area contributed by atoms with Crippen LogP contribution in [0.4, 0.5) is 0 Å². The first-order valence-corrected chi connectivity index (χ1v) is 7.94. The predicted octanol–water partition coefficient (Wildman–Crippen LogP) is 3.22. The van der Waals surface area contributed by atoms with E-state index < -0.39 is 0 Å². The molecular formula is C17H23NO3. The largest absolute Gasteiger partial charge is 0.486 e. The second-order valence-electron chi connectivity index (χ2n) is 5.97. The number of ether oxygens (including phenoxy) is 2. The highest BCUT2D eigenvalue weighted by atomic mass is 16.6. The number of carbonyl (C=O) groups is 1. The number of hydrogen-bond donors (Lipinski definition) is 1. The van der Waals surface area contributed by atoms with Crippen molar-refractivity contribution in [2.24, 2.45) is 5.92 Å². The zero-order valence-corrected chi connectivity index (χ0v) is 12.6. The highest BCUT2D eigenvalue weighted by Crippen LogP contribution is 2.33. The summed E-state index contributed by atoms with van der Waals surface area (Å²) < 4.78 is 11.1. The van der Waals surface area contributed by atoms with Crippen LogP contribution >= 0.6 is 0 Å². The third kappa shape index (κ3) is 3.31. The summed E-state index contributed by atoms with van der Waals surface area (Å²) in [4.78, 5) is 12.3. The first kappa shape index (κ1) is 14.2. The minimum Gasteiger partial charge on any atom is -0.486 e. The van der Waals surface area contributed by atoms with Gasteiger partial charge in [0.05, 0.1) is 6.04 Å². The molecule has 21 heavy (non-hydrogen) atoms. The van der Waals surface area contributed by atoms with Gasteiger partial charge < -0.3 is 14.8 Å². The molecule has 1 aliphatic heterocycles. The van der Waals surface area contributed by atoms with Crippen molar-refractivity contribution in [1.29, 1.82) is 0 Å². The fourth-order valence-corrected chi connectivity index (χ4v) is 3.11. The molecule has 0 spiro atoms. The lowest BCUT2D eigenvalue weighted by molar-refractivity contribution is -0.126. The summed E-state index contributed by atoms with van der Waals surface area (Å²) >= 11 is 0. The molecule has 3 rings (SSSR count). The number of benzene rings is 1. The number of nitrogens with one attached hydrogen (secondary N) is 1. The third-order valence-corrected chi connectivity index (χ3v) is 4.40. The van der Waals surface area contributed by atoms with E-state index in [1.165, 1.54) is 19.3 Å². The Kier molecular flexibility index (Phi) is 4.32. The Bertz CT molecular complexity index is 509. The molecule has 1 aliphatic carbocycles. The highest BCUT2D eigenvalue weighted by Gasteiger charge is 2.23. The Labute approximate surface area is 125 Å². The zero-order chi connectivity index (χ0) is 14.7. The van der Waals surface area contributed by atoms with Gasteiger partial charge in [0.2, 0.25) is 5.91 Å². The van der Waals surface area contributed by atoms with Gasteiger partial charge in [0.15, 0.2) is 11.5 Å². The lowest BCUT2D eigenvalue weighted by atomic mass is 9.88. The van der Waals surface area contributed by atoms with Crippen molar-refractivity contribution in [3.63, 3.8) is 0 Å². The third-order valence-electron chi connectivity index (χ3n) is 4.40. The van der Waals surface area contributed by atoms with Gasteiger partial charge in [0, 0.05) is 5.92 Å². The highest BCUT2D eigenvalue weighted by molar-refractivity contribution is 5.79. The smallest absolute Gasteiger partial charge is 0.223 e. The second-order valence-corrected chi connectivity index (χ2v) is 5.97. The van der Waals surface area contributed by atoms with Crippen LogP contribution in [0.15, 0.2) is 18.2 Å². The van der Waals surface area contributed by atoms with Gasteiger partial charge in [0.1, 0.15) is 13.2 Å². The molecular weight excluding hydrogens is 266 g/mol. The molecule has 1 aromatic rings.